The molecule has 2 bridgehead atoms. The van der Waals surface area contributed by atoms with Gasteiger partial charge in [0.15, 0.2) is 0 Å². The highest BCUT2D eigenvalue weighted by Gasteiger charge is 2.79. The van der Waals surface area contributed by atoms with Crippen LogP contribution in [0.3, 0.4) is 0 Å². The third kappa shape index (κ3) is 5.90. The molecule has 4 aliphatic heterocycles. The Morgan fingerprint density at radius 1 is 1.04 bits per heavy atom. The third-order valence-corrected chi connectivity index (χ3v) is 10.3. The normalized spacial score (nSPS) is 29.4. The number of aliphatic hydroxyl groups is 1. The number of likely N-dealkylation sites (tertiary alicyclic amines) is 1. The molecule has 11 heteroatoms. The zero-order valence-electron chi connectivity index (χ0n) is 26.8. The largest absolute Gasteiger partial charge is 0.494 e. The van der Waals surface area contributed by atoms with Crippen LogP contribution in [0.25, 0.3) is 0 Å². The molecule has 6 rings (SSSR count). The number of nitrogens with zero attached hydrogens (tertiary/aromatic N) is 2. The van der Waals surface area contributed by atoms with Crippen molar-refractivity contribution < 1.29 is 33.7 Å². The minimum absolute atomic E-state index is 0.303. The van der Waals surface area contributed by atoms with Crippen molar-refractivity contribution in [3.05, 3.63) is 60.2 Å². The number of fused-ring (bicyclic) bond motifs is 1. The fraction of sp³-hybridized carbons (Fsp3) is 0.571. The van der Waals surface area contributed by atoms with Gasteiger partial charge in [-0.25, -0.2) is 0 Å². The molecule has 3 amide bonds. The standard InChI is InChI=1S/C35H46N4O7/c1-3-34-14-15-35(46-34)29(28(34)31(41)37-25-10-12-27(13-11-25)45-4-2)33(43)39(26(23-40)22-24-8-6-5-7-9-24)30(35)32(42)36-16-17-38-18-20-44-21-19-38/h5-13,26,28-30,40H,3-4,14-23H2,1-2H3,(H,36,42)(H,37,41)/t26-,28+,29+,30?,34-,35?/m1/s1. The monoisotopic (exact) mass is 634 g/mol. The van der Waals surface area contributed by atoms with E-state index in [9.17, 15) is 19.5 Å². The van der Waals surface area contributed by atoms with Gasteiger partial charge in [0.1, 0.15) is 17.4 Å². The molecule has 46 heavy (non-hydrogen) atoms. The molecule has 2 unspecified atom stereocenters. The van der Waals surface area contributed by atoms with Gasteiger partial charge >= 0.3 is 0 Å². The van der Waals surface area contributed by atoms with Crippen LogP contribution in [0.5, 0.6) is 5.75 Å². The fourth-order valence-corrected chi connectivity index (χ4v) is 8.16. The van der Waals surface area contributed by atoms with Gasteiger partial charge in [0, 0.05) is 31.9 Å². The van der Waals surface area contributed by atoms with Gasteiger partial charge in [-0.3, -0.25) is 19.3 Å². The zero-order chi connectivity index (χ0) is 32.3. The number of morpholine rings is 1. The van der Waals surface area contributed by atoms with E-state index < -0.39 is 35.1 Å². The van der Waals surface area contributed by atoms with Crippen molar-refractivity contribution in [2.75, 3.05) is 57.9 Å². The minimum atomic E-state index is -1.18. The lowest BCUT2D eigenvalue weighted by Gasteiger charge is -2.37. The van der Waals surface area contributed by atoms with Crippen LogP contribution in [-0.2, 0) is 30.3 Å². The number of carbonyl (C=O) groups excluding carboxylic acids is 3. The SMILES string of the molecule is CCOc1ccc(NC(=O)[C@@H]2[C@H]3C(=O)N([C@@H](CO)Cc4ccccc4)C(C(=O)NCCN4CCOCC4)C34CC[C@@]2(CC)O4)cc1. The summed E-state index contributed by atoms with van der Waals surface area (Å²) in [4.78, 5) is 46.9. The first-order valence-corrected chi connectivity index (χ1v) is 16.6. The molecule has 4 heterocycles. The van der Waals surface area contributed by atoms with Crippen LogP contribution in [0.2, 0.25) is 0 Å². The zero-order valence-corrected chi connectivity index (χ0v) is 26.8. The number of amides is 3. The maximum absolute atomic E-state index is 14.7. The first-order valence-electron chi connectivity index (χ1n) is 16.6. The molecular weight excluding hydrogens is 588 g/mol. The van der Waals surface area contributed by atoms with E-state index in [1.54, 1.807) is 29.2 Å². The summed E-state index contributed by atoms with van der Waals surface area (Å²) in [5.74, 6) is -1.88. The Labute approximate surface area is 270 Å². The lowest BCUT2D eigenvalue weighted by molar-refractivity contribution is -0.150. The number of aliphatic hydroxyl groups excluding tert-OH is 1. The molecule has 0 aromatic heterocycles. The molecule has 2 aromatic carbocycles. The summed E-state index contributed by atoms with van der Waals surface area (Å²) < 4.78 is 17.9. The van der Waals surface area contributed by atoms with Crippen LogP contribution >= 0.6 is 0 Å². The van der Waals surface area contributed by atoms with Crippen molar-refractivity contribution in [1.82, 2.24) is 15.1 Å². The molecule has 11 nitrogen and oxygen atoms in total. The summed E-state index contributed by atoms with van der Waals surface area (Å²) in [6.07, 6.45) is 1.93. The van der Waals surface area contributed by atoms with Crippen molar-refractivity contribution in [3.8, 4) is 5.75 Å². The smallest absolute Gasteiger partial charge is 0.245 e. The highest BCUT2D eigenvalue weighted by Crippen LogP contribution is 2.64. The van der Waals surface area contributed by atoms with Crippen molar-refractivity contribution in [3.63, 3.8) is 0 Å². The summed E-state index contributed by atoms with van der Waals surface area (Å²) in [7, 11) is 0. The maximum atomic E-state index is 14.7. The van der Waals surface area contributed by atoms with E-state index in [4.69, 9.17) is 14.2 Å². The van der Waals surface area contributed by atoms with Crippen LogP contribution in [0, 0.1) is 11.8 Å². The molecule has 4 fully saturated rings. The van der Waals surface area contributed by atoms with Gasteiger partial charge in [-0.05, 0) is 62.4 Å². The molecule has 0 aliphatic carbocycles. The van der Waals surface area contributed by atoms with Gasteiger partial charge in [0.2, 0.25) is 17.7 Å². The summed E-state index contributed by atoms with van der Waals surface area (Å²) in [5, 5.41) is 16.8. The number of ether oxygens (including phenoxy) is 3. The minimum Gasteiger partial charge on any atom is -0.494 e. The first kappa shape index (κ1) is 32.4. The molecule has 0 saturated carbocycles. The van der Waals surface area contributed by atoms with Crippen LogP contribution in [-0.4, -0.2) is 109 Å². The molecule has 3 N–H and O–H groups in total. The van der Waals surface area contributed by atoms with Gasteiger partial charge in [-0.1, -0.05) is 37.3 Å². The Kier molecular flexibility index (Phi) is 9.65. The van der Waals surface area contributed by atoms with E-state index in [0.717, 1.165) is 18.7 Å². The van der Waals surface area contributed by atoms with Gasteiger partial charge in [-0.2, -0.15) is 0 Å². The molecule has 4 aliphatic rings. The maximum Gasteiger partial charge on any atom is 0.245 e. The van der Waals surface area contributed by atoms with Crippen LogP contribution in [0.15, 0.2) is 54.6 Å². The second kappa shape index (κ2) is 13.7. The van der Waals surface area contributed by atoms with E-state index in [1.807, 2.05) is 44.2 Å². The van der Waals surface area contributed by atoms with Crippen LogP contribution in [0.1, 0.15) is 38.7 Å². The third-order valence-electron chi connectivity index (χ3n) is 10.3. The van der Waals surface area contributed by atoms with E-state index in [1.165, 1.54) is 0 Å². The Morgan fingerprint density at radius 2 is 1.78 bits per heavy atom. The predicted molar refractivity (Wildman–Crippen MR) is 171 cm³/mol. The molecular formula is C35H46N4O7. The molecule has 2 aromatic rings. The highest BCUT2D eigenvalue weighted by molar-refractivity contribution is 6.02. The van der Waals surface area contributed by atoms with Crippen LogP contribution in [0.4, 0.5) is 5.69 Å². The Morgan fingerprint density at radius 3 is 2.46 bits per heavy atom. The van der Waals surface area contributed by atoms with E-state index >= 15 is 0 Å². The Bertz CT molecular complexity index is 1390. The number of hydrogen-bond acceptors (Lipinski definition) is 8. The number of benzene rings is 2. The van der Waals surface area contributed by atoms with E-state index in [2.05, 4.69) is 15.5 Å². The van der Waals surface area contributed by atoms with Gasteiger partial charge < -0.3 is 34.9 Å². The average molecular weight is 635 g/mol. The molecule has 248 valence electrons. The van der Waals surface area contributed by atoms with Gasteiger partial charge in [0.25, 0.3) is 0 Å². The average Bonchev–Trinajstić information content (AvgIpc) is 3.69. The van der Waals surface area contributed by atoms with Crippen molar-refractivity contribution in [2.45, 2.75) is 62.8 Å². The number of anilines is 1. The van der Waals surface area contributed by atoms with Crippen molar-refractivity contribution >= 4 is 23.4 Å². The lowest BCUT2D eigenvalue weighted by atomic mass is 9.65. The van der Waals surface area contributed by atoms with E-state index in [0.29, 0.717) is 70.0 Å². The molecule has 4 saturated heterocycles. The number of hydrogen-bond donors (Lipinski definition) is 3. The lowest BCUT2D eigenvalue weighted by Crippen LogP contribution is -2.59. The quantitative estimate of drug-likeness (QED) is 0.306. The Hall–Kier alpha value is -3.51. The van der Waals surface area contributed by atoms with Gasteiger partial charge in [0.05, 0.1) is 49.9 Å². The number of nitrogens with one attached hydrogen (secondary N) is 2. The molecule has 0 radical (unpaired) electrons. The molecule has 1 spiro atoms. The predicted octanol–water partition coefficient (Wildman–Crippen LogP) is 2.23. The number of rotatable bonds is 13. The van der Waals surface area contributed by atoms with Crippen molar-refractivity contribution in [2.24, 2.45) is 11.8 Å². The summed E-state index contributed by atoms with van der Waals surface area (Å²) >= 11 is 0. The summed E-state index contributed by atoms with van der Waals surface area (Å²) in [6.45, 7) is 8.07. The first-order chi connectivity index (χ1) is 22.4. The summed E-state index contributed by atoms with van der Waals surface area (Å²) in [6, 6.07) is 15.1. The molecule has 6 atom stereocenters. The second-order valence-electron chi connectivity index (χ2n) is 12.8. The van der Waals surface area contributed by atoms with Crippen molar-refractivity contribution in [1.29, 1.82) is 0 Å². The van der Waals surface area contributed by atoms with Crippen LogP contribution < -0.4 is 15.4 Å². The topological polar surface area (TPSA) is 130 Å². The number of carbonyl (C=O) groups is 3. The fourth-order valence-electron chi connectivity index (χ4n) is 8.16. The van der Waals surface area contributed by atoms with E-state index in [-0.39, 0.29) is 24.3 Å². The Balaban J connectivity index is 1.31. The highest BCUT2D eigenvalue weighted by atomic mass is 16.5. The second-order valence-corrected chi connectivity index (χ2v) is 12.8. The van der Waals surface area contributed by atoms with Gasteiger partial charge in [-0.15, -0.1) is 0 Å². The summed E-state index contributed by atoms with van der Waals surface area (Å²) in [5.41, 5.74) is -0.521.